The Labute approximate surface area is 64.9 Å². The van der Waals surface area contributed by atoms with E-state index in [1.165, 1.54) is 0 Å². The van der Waals surface area contributed by atoms with Crippen LogP contribution in [0.5, 0.6) is 0 Å². The molecule has 0 atom stereocenters. The second-order valence-electron chi connectivity index (χ2n) is 3.48. The quantitative estimate of drug-likeness (QED) is 0.440. The largest absolute Gasteiger partial charge is 0.419 e. The molecule has 0 saturated carbocycles. The third-order valence-electron chi connectivity index (χ3n) is 2.38. The van der Waals surface area contributed by atoms with E-state index in [1.807, 2.05) is 0 Å². The van der Waals surface area contributed by atoms with Crippen molar-refractivity contribution in [1.29, 1.82) is 0 Å². The van der Waals surface area contributed by atoms with Crippen molar-refractivity contribution in [2.45, 2.75) is 32.0 Å². The van der Waals surface area contributed by atoms with Crippen LogP contribution < -0.4 is 0 Å². The Morgan fingerprint density at radius 2 is 1.80 bits per heavy atom. The summed E-state index contributed by atoms with van der Waals surface area (Å²) in [5.41, 5.74) is 0. The lowest BCUT2D eigenvalue weighted by Gasteiger charge is -2.33. The molecule has 0 aromatic heterocycles. The van der Waals surface area contributed by atoms with Gasteiger partial charge in [-0.25, -0.2) is 0 Å². The highest BCUT2D eigenvalue weighted by atomic mass is 28.4. The first kappa shape index (κ1) is 9.74. The summed E-state index contributed by atoms with van der Waals surface area (Å²) < 4.78 is 5.39. The van der Waals surface area contributed by atoms with Gasteiger partial charge in [-0.15, -0.1) is 12.3 Å². The number of rotatable bonds is 2. The van der Waals surface area contributed by atoms with E-state index in [4.69, 9.17) is 10.8 Å². The molecule has 0 amide bonds. The van der Waals surface area contributed by atoms with Gasteiger partial charge in [-0.3, -0.25) is 0 Å². The van der Waals surface area contributed by atoms with Crippen LogP contribution in [0.4, 0.5) is 0 Å². The Balaban J connectivity index is 4.49. The summed E-state index contributed by atoms with van der Waals surface area (Å²) >= 11 is 0. The summed E-state index contributed by atoms with van der Waals surface area (Å²) in [6, 6.07) is 0. The summed E-state index contributed by atoms with van der Waals surface area (Å²) in [4.78, 5) is 0. The van der Waals surface area contributed by atoms with E-state index < -0.39 is 8.32 Å². The van der Waals surface area contributed by atoms with E-state index >= 15 is 0 Å². The Bertz CT molecular complexity index is 153. The molecule has 0 heterocycles. The van der Waals surface area contributed by atoms with Crippen molar-refractivity contribution in [2.75, 3.05) is 7.11 Å². The normalized spacial score (nSPS) is 12.8. The molecule has 58 valence electrons. The molecule has 0 unspecified atom stereocenters. The predicted octanol–water partition coefficient (Wildman–Crippen LogP) is 2.25. The Hall–Kier alpha value is -0.263. The van der Waals surface area contributed by atoms with Crippen molar-refractivity contribution in [3.63, 3.8) is 0 Å². The minimum Gasteiger partial charge on any atom is -0.419 e. The first-order chi connectivity index (χ1) is 4.37. The van der Waals surface area contributed by atoms with Gasteiger partial charge in [0.1, 0.15) is 0 Å². The number of hydrogen-bond acceptors (Lipinski definition) is 1. The lowest BCUT2D eigenvalue weighted by molar-refractivity contribution is 0.384. The molecular formula is C8H16OSi. The Morgan fingerprint density at radius 3 is 1.90 bits per heavy atom. The molecular weight excluding hydrogens is 140 g/mol. The van der Waals surface area contributed by atoms with Crippen molar-refractivity contribution in [1.82, 2.24) is 0 Å². The zero-order valence-electron chi connectivity index (χ0n) is 7.49. The molecule has 0 aliphatic carbocycles. The van der Waals surface area contributed by atoms with Gasteiger partial charge in [0.2, 0.25) is 8.32 Å². The Morgan fingerprint density at radius 1 is 1.40 bits per heavy atom. The van der Waals surface area contributed by atoms with Gasteiger partial charge in [-0.2, -0.15) is 0 Å². The molecule has 0 spiro atoms. The van der Waals surface area contributed by atoms with Gasteiger partial charge in [0.05, 0.1) is 0 Å². The van der Waals surface area contributed by atoms with E-state index in [0.717, 1.165) is 0 Å². The van der Waals surface area contributed by atoms with E-state index in [2.05, 4.69) is 32.9 Å². The molecule has 0 saturated heterocycles. The molecule has 0 N–H and O–H groups in total. The highest BCUT2D eigenvalue weighted by Gasteiger charge is 2.38. The summed E-state index contributed by atoms with van der Waals surface area (Å²) in [5.74, 6) is 2.77. The minimum atomic E-state index is -1.64. The SMILES string of the molecule is C#CC(C)(C)[Si](C)(C)OC. The van der Waals surface area contributed by atoms with Gasteiger partial charge >= 0.3 is 0 Å². The predicted molar refractivity (Wildman–Crippen MR) is 47.4 cm³/mol. The van der Waals surface area contributed by atoms with Gasteiger partial charge in [0, 0.05) is 12.1 Å². The van der Waals surface area contributed by atoms with Gasteiger partial charge in [-0.05, 0) is 26.9 Å². The standard InChI is InChI=1S/C8H16OSi/c1-7-8(2,3)10(5,6)9-4/h1H,2-6H3. The van der Waals surface area contributed by atoms with E-state index in [9.17, 15) is 0 Å². The van der Waals surface area contributed by atoms with Crippen LogP contribution >= 0.6 is 0 Å². The maximum absolute atomic E-state index is 5.39. The number of hydrogen-bond donors (Lipinski definition) is 0. The molecule has 0 radical (unpaired) electrons. The smallest absolute Gasteiger partial charge is 0.203 e. The lowest BCUT2D eigenvalue weighted by atomic mass is 10.2. The summed E-state index contributed by atoms with van der Waals surface area (Å²) in [7, 11) is 0.100. The maximum Gasteiger partial charge on any atom is 0.203 e. The van der Waals surface area contributed by atoms with E-state index in [1.54, 1.807) is 7.11 Å². The van der Waals surface area contributed by atoms with Crippen molar-refractivity contribution < 1.29 is 4.43 Å². The first-order valence-corrected chi connectivity index (χ1v) is 6.31. The molecule has 0 aromatic rings. The van der Waals surface area contributed by atoms with Crippen LogP contribution in [-0.4, -0.2) is 15.4 Å². The second-order valence-corrected chi connectivity index (χ2v) is 8.16. The van der Waals surface area contributed by atoms with Crippen molar-refractivity contribution >= 4 is 8.32 Å². The summed E-state index contributed by atoms with van der Waals surface area (Å²) in [5, 5.41) is -0.0677. The third kappa shape index (κ3) is 1.62. The zero-order valence-corrected chi connectivity index (χ0v) is 8.49. The molecule has 1 nitrogen and oxygen atoms in total. The topological polar surface area (TPSA) is 9.23 Å². The summed E-state index contributed by atoms with van der Waals surface area (Å²) in [6.45, 7) is 8.38. The molecule has 10 heavy (non-hydrogen) atoms. The average Bonchev–Trinajstić information content (AvgIpc) is 1.88. The fraction of sp³-hybridized carbons (Fsp3) is 0.750. The van der Waals surface area contributed by atoms with Gasteiger partial charge in [0.15, 0.2) is 0 Å². The molecule has 0 aliphatic rings. The summed E-state index contributed by atoms with van der Waals surface area (Å²) in [6.07, 6.45) is 5.37. The highest BCUT2D eigenvalue weighted by Crippen LogP contribution is 2.35. The lowest BCUT2D eigenvalue weighted by Crippen LogP contribution is -2.40. The van der Waals surface area contributed by atoms with Crippen LogP contribution in [0.3, 0.4) is 0 Å². The fourth-order valence-electron chi connectivity index (χ4n) is 0.429. The average molecular weight is 156 g/mol. The Kier molecular flexibility index (Phi) is 2.70. The zero-order chi connectivity index (χ0) is 8.41. The molecule has 0 aromatic carbocycles. The maximum atomic E-state index is 5.39. The second kappa shape index (κ2) is 2.77. The molecule has 0 aliphatic heterocycles. The third-order valence-corrected chi connectivity index (χ3v) is 6.55. The van der Waals surface area contributed by atoms with Gasteiger partial charge in [0.25, 0.3) is 0 Å². The van der Waals surface area contributed by atoms with Crippen LogP contribution in [0.1, 0.15) is 13.8 Å². The molecule has 0 bridgehead atoms. The monoisotopic (exact) mass is 156 g/mol. The molecule has 0 fully saturated rings. The first-order valence-electron chi connectivity index (χ1n) is 3.40. The molecule has 2 heteroatoms. The van der Waals surface area contributed by atoms with E-state index in [0.29, 0.717) is 0 Å². The fourth-order valence-corrected chi connectivity index (χ4v) is 1.29. The van der Waals surface area contributed by atoms with Crippen molar-refractivity contribution in [3.05, 3.63) is 0 Å². The van der Waals surface area contributed by atoms with Crippen LogP contribution in [0.2, 0.25) is 18.1 Å². The van der Waals surface area contributed by atoms with E-state index in [-0.39, 0.29) is 5.04 Å². The van der Waals surface area contributed by atoms with Crippen molar-refractivity contribution in [2.24, 2.45) is 0 Å². The highest BCUT2D eigenvalue weighted by molar-refractivity contribution is 6.75. The van der Waals surface area contributed by atoms with Crippen LogP contribution in [0.25, 0.3) is 0 Å². The van der Waals surface area contributed by atoms with Crippen LogP contribution in [0.15, 0.2) is 0 Å². The minimum absolute atomic E-state index is 0.0677. The molecule has 0 rings (SSSR count). The number of terminal acetylenes is 1. The van der Waals surface area contributed by atoms with Gasteiger partial charge < -0.3 is 4.43 Å². The van der Waals surface area contributed by atoms with Gasteiger partial charge in [-0.1, -0.05) is 0 Å². The van der Waals surface area contributed by atoms with Crippen LogP contribution in [0, 0.1) is 12.3 Å². The van der Waals surface area contributed by atoms with Crippen molar-refractivity contribution in [3.8, 4) is 12.3 Å². The van der Waals surface area contributed by atoms with Crippen LogP contribution in [-0.2, 0) is 4.43 Å².